The highest BCUT2D eigenvalue weighted by Crippen LogP contribution is 2.34. The predicted octanol–water partition coefficient (Wildman–Crippen LogP) is 2.53. The molecule has 1 saturated heterocycles. The number of anilines is 1. The van der Waals surface area contributed by atoms with Crippen LogP contribution < -0.4 is 10.2 Å². The van der Waals surface area contributed by atoms with Crippen LogP contribution in [0.5, 0.6) is 0 Å². The van der Waals surface area contributed by atoms with Crippen molar-refractivity contribution in [2.75, 3.05) is 25.1 Å². The summed E-state index contributed by atoms with van der Waals surface area (Å²) in [4.78, 5) is 13.8. The van der Waals surface area contributed by atoms with E-state index >= 15 is 0 Å². The van der Waals surface area contributed by atoms with Crippen molar-refractivity contribution in [3.8, 4) is 0 Å². The first-order valence-electron chi connectivity index (χ1n) is 6.65. The molecule has 0 spiro atoms. The van der Waals surface area contributed by atoms with Gasteiger partial charge in [0.2, 0.25) is 0 Å². The fraction of sp³-hybridized carbons (Fsp3) is 0.533. The number of amides is 1. The third-order valence-electron chi connectivity index (χ3n) is 3.37. The monoisotopic (exact) mass is 262 g/mol. The van der Waals surface area contributed by atoms with Gasteiger partial charge in [-0.3, -0.25) is 4.90 Å². The second-order valence-corrected chi connectivity index (χ2v) is 5.93. The summed E-state index contributed by atoms with van der Waals surface area (Å²) in [5, 5.41) is 3.11. The van der Waals surface area contributed by atoms with Crippen LogP contribution >= 0.6 is 0 Å². The molecule has 2 rings (SSSR count). The lowest BCUT2D eigenvalue weighted by molar-refractivity contribution is 0.178. The molecule has 1 unspecified atom stereocenters. The summed E-state index contributed by atoms with van der Waals surface area (Å²) in [6, 6.07) is 8.11. The van der Waals surface area contributed by atoms with Crippen LogP contribution in [-0.4, -0.2) is 32.3 Å². The van der Waals surface area contributed by atoms with Crippen LogP contribution in [0.1, 0.15) is 26.3 Å². The molecule has 4 nitrogen and oxygen atoms in total. The van der Waals surface area contributed by atoms with Crippen LogP contribution in [0, 0.1) is 0 Å². The number of ether oxygens (including phenoxy) is 1. The summed E-state index contributed by atoms with van der Waals surface area (Å²) in [5.74, 6) is 0. The van der Waals surface area contributed by atoms with Crippen molar-refractivity contribution in [3.63, 3.8) is 0 Å². The minimum atomic E-state index is -0.253. The van der Waals surface area contributed by atoms with Crippen LogP contribution in [0.15, 0.2) is 24.3 Å². The Kier molecular flexibility index (Phi) is 3.80. The zero-order valence-electron chi connectivity index (χ0n) is 12.1. The van der Waals surface area contributed by atoms with Gasteiger partial charge >= 0.3 is 6.09 Å². The van der Waals surface area contributed by atoms with Gasteiger partial charge in [-0.05, 0) is 24.1 Å². The van der Waals surface area contributed by atoms with E-state index in [1.807, 2.05) is 25.2 Å². The molecule has 0 bridgehead atoms. The second kappa shape index (κ2) is 5.21. The number of para-hydroxylation sites is 1. The third kappa shape index (κ3) is 2.73. The largest absolute Gasteiger partial charge is 0.447 e. The SMILES string of the molecule is CNCC1COC(=O)N1c1ccccc1C(C)(C)C. The van der Waals surface area contributed by atoms with Gasteiger partial charge in [0.15, 0.2) is 0 Å². The van der Waals surface area contributed by atoms with Gasteiger partial charge in [-0.1, -0.05) is 39.0 Å². The van der Waals surface area contributed by atoms with E-state index in [0.29, 0.717) is 6.61 Å². The minimum Gasteiger partial charge on any atom is -0.447 e. The summed E-state index contributed by atoms with van der Waals surface area (Å²) in [5.41, 5.74) is 2.11. The summed E-state index contributed by atoms with van der Waals surface area (Å²) < 4.78 is 5.20. The van der Waals surface area contributed by atoms with Gasteiger partial charge in [-0.25, -0.2) is 4.79 Å². The van der Waals surface area contributed by atoms with E-state index in [9.17, 15) is 4.79 Å². The molecule has 1 amide bonds. The lowest BCUT2D eigenvalue weighted by Crippen LogP contribution is -2.41. The van der Waals surface area contributed by atoms with Crippen LogP contribution in [0.3, 0.4) is 0 Å². The Labute approximate surface area is 114 Å². The molecule has 1 aromatic carbocycles. The first-order valence-corrected chi connectivity index (χ1v) is 6.65. The maximum atomic E-state index is 12.0. The van der Waals surface area contributed by atoms with Gasteiger partial charge in [0, 0.05) is 6.54 Å². The molecule has 19 heavy (non-hydrogen) atoms. The summed E-state index contributed by atoms with van der Waals surface area (Å²) in [6.45, 7) is 7.63. The number of benzene rings is 1. The zero-order chi connectivity index (χ0) is 14.0. The molecule has 1 aliphatic rings. The van der Waals surface area contributed by atoms with Crippen LogP contribution in [0.25, 0.3) is 0 Å². The number of likely N-dealkylation sites (N-methyl/N-ethyl adjacent to an activating group) is 1. The molecule has 1 heterocycles. The third-order valence-corrected chi connectivity index (χ3v) is 3.37. The molecule has 0 aliphatic carbocycles. The molecule has 1 N–H and O–H groups in total. The van der Waals surface area contributed by atoms with Crippen molar-refractivity contribution < 1.29 is 9.53 Å². The quantitative estimate of drug-likeness (QED) is 0.910. The molecule has 1 fully saturated rings. The number of rotatable bonds is 3. The number of hydrogen-bond acceptors (Lipinski definition) is 3. The van der Waals surface area contributed by atoms with Crippen LogP contribution in [0.4, 0.5) is 10.5 Å². The molecule has 0 saturated carbocycles. The maximum absolute atomic E-state index is 12.0. The number of carbonyl (C=O) groups is 1. The first kappa shape index (κ1) is 13.9. The van der Waals surface area contributed by atoms with E-state index < -0.39 is 0 Å². The minimum absolute atomic E-state index is 0.0103. The van der Waals surface area contributed by atoms with Crippen molar-refractivity contribution in [2.24, 2.45) is 0 Å². The van der Waals surface area contributed by atoms with Crippen molar-refractivity contribution in [1.29, 1.82) is 0 Å². The van der Waals surface area contributed by atoms with Gasteiger partial charge in [0.1, 0.15) is 6.61 Å². The van der Waals surface area contributed by atoms with Crippen LogP contribution in [0.2, 0.25) is 0 Å². The van der Waals surface area contributed by atoms with Gasteiger partial charge in [0.05, 0.1) is 11.7 Å². The fourth-order valence-electron chi connectivity index (χ4n) is 2.46. The summed E-state index contributed by atoms with van der Waals surface area (Å²) in [6.07, 6.45) is -0.253. The van der Waals surface area contributed by atoms with Crippen LogP contribution in [-0.2, 0) is 10.2 Å². The molecule has 0 aromatic heterocycles. The topological polar surface area (TPSA) is 41.6 Å². The smallest absolute Gasteiger partial charge is 0.414 e. The Morgan fingerprint density at radius 3 is 2.68 bits per heavy atom. The van der Waals surface area contributed by atoms with Crippen molar-refractivity contribution in [1.82, 2.24) is 5.32 Å². The first-order chi connectivity index (χ1) is 8.95. The van der Waals surface area contributed by atoms with E-state index in [0.717, 1.165) is 17.8 Å². The standard InChI is InChI=1S/C15H22N2O2/c1-15(2,3)12-7-5-6-8-13(12)17-11(9-16-4)10-19-14(17)18/h5-8,11,16H,9-10H2,1-4H3. The Morgan fingerprint density at radius 2 is 2.05 bits per heavy atom. The van der Waals surface area contributed by atoms with Gasteiger partial charge in [0.25, 0.3) is 0 Å². The average molecular weight is 262 g/mol. The van der Waals surface area contributed by atoms with E-state index in [1.165, 1.54) is 0 Å². The predicted molar refractivity (Wildman–Crippen MR) is 76.7 cm³/mol. The normalized spacial score (nSPS) is 19.7. The van der Waals surface area contributed by atoms with E-state index in [2.05, 4.69) is 32.2 Å². The van der Waals surface area contributed by atoms with E-state index in [1.54, 1.807) is 4.90 Å². The molecule has 0 radical (unpaired) electrons. The highest BCUT2D eigenvalue weighted by molar-refractivity contribution is 5.91. The molecule has 1 aromatic rings. The van der Waals surface area contributed by atoms with Gasteiger partial charge in [-0.2, -0.15) is 0 Å². The van der Waals surface area contributed by atoms with E-state index in [-0.39, 0.29) is 17.6 Å². The van der Waals surface area contributed by atoms with E-state index in [4.69, 9.17) is 4.74 Å². The highest BCUT2D eigenvalue weighted by atomic mass is 16.6. The Bertz CT molecular complexity index is 465. The Balaban J connectivity index is 2.42. The Morgan fingerprint density at radius 1 is 1.37 bits per heavy atom. The number of hydrogen-bond donors (Lipinski definition) is 1. The molecule has 4 heteroatoms. The zero-order valence-corrected chi connectivity index (χ0v) is 12.1. The lowest BCUT2D eigenvalue weighted by atomic mass is 9.85. The highest BCUT2D eigenvalue weighted by Gasteiger charge is 2.36. The fourth-order valence-corrected chi connectivity index (χ4v) is 2.46. The molecular weight excluding hydrogens is 240 g/mol. The van der Waals surface area contributed by atoms with Crippen molar-refractivity contribution >= 4 is 11.8 Å². The number of cyclic esters (lactones) is 1. The van der Waals surface area contributed by atoms with Crippen molar-refractivity contribution in [3.05, 3.63) is 29.8 Å². The number of nitrogens with one attached hydrogen (secondary N) is 1. The summed E-state index contributed by atoms with van der Waals surface area (Å²) >= 11 is 0. The molecule has 1 aliphatic heterocycles. The average Bonchev–Trinajstić information content (AvgIpc) is 2.70. The molecule has 1 atom stereocenters. The van der Waals surface area contributed by atoms with Crippen molar-refractivity contribution in [2.45, 2.75) is 32.2 Å². The lowest BCUT2D eigenvalue weighted by Gasteiger charge is -2.29. The van der Waals surface area contributed by atoms with Gasteiger partial charge < -0.3 is 10.1 Å². The maximum Gasteiger partial charge on any atom is 0.414 e. The Hall–Kier alpha value is -1.55. The molecule has 104 valence electrons. The second-order valence-electron chi connectivity index (χ2n) is 5.93. The number of carbonyl (C=O) groups excluding carboxylic acids is 1. The number of nitrogens with zero attached hydrogens (tertiary/aromatic N) is 1. The molecular formula is C15H22N2O2. The van der Waals surface area contributed by atoms with Gasteiger partial charge in [-0.15, -0.1) is 0 Å². The summed E-state index contributed by atoms with van der Waals surface area (Å²) in [7, 11) is 1.89.